The van der Waals surface area contributed by atoms with Gasteiger partial charge in [0.2, 0.25) is 5.91 Å². The molecule has 0 bridgehead atoms. The number of amides is 1. The van der Waals surface area contributed by atoms with Gasteiger partial charge in [-0.1, -0.05) is 25.0 Å². The molecule has 3 rings (SSSR count). The Morgan fingerprint density at radius 3 is 2.56 bits per heavy atom. The molecule has 2 N–H and O–H groups in total. The van der Waals surface area contributed by atoms with Crippen LogP contribution in [0.2, 0.25) is 0 Å². The molecule has 0 aromatic heterocycles. The minimum absolute atomic E-state index is 0.0538. The van der Waals surface area contributed by atoms with Gasteiger partial charge in [0.1, 0.15) is 17.9 Å². The van der Waals surface area contributed by atoms with E-state index in [0.717, 1.165) is 31.2 Å². The molecule has 2 aliphatic rings. The number of halogens is 1. The molecule has 1 saturated carbocycles. The number of carboxylic acids is 1. The van der Waals surface area contributed by atoms with Gasteiger partial charge >= 0.3 is 11.9 Å². The Labute approximate surface area is 188 Å². The van der Waals surface area contributed by atoms with Crippen LogP contribution in [0.25, 0.3) is 0 Å². The fourth-order valence-corrected chi connectivity index (χ4v) is 5.07. The Bertz CT molecular complexity index is 815. The summed E-state index contributed by atoms with van der Waals surface area (Å²) in [5.74, 6) is -1.82. The summed E-state index contributed by atoms with van der Waals surface area (Å²) in [6, 6.07) is 3.73. The highest BCUT2D eigenvalue weighted by molar-refractivity contribution is 5.88. The van der Waals surface area contributed by atoms with Crippen molar-refractivity contribution in [1.29, 1.82) is 0 Å². The van der Waals surface area contributed by atoms with Crippen molar-refractivity contribution in [3.8, 4) is 0 Å². The van der Waals surface area contributed by atoms with Crippen molar-refractivity contribution < 1.29 is 28.6 Å². The second-order valence-corrected chi connectivity index (χ2v) is 8.81. The molecule has 1 amide bonds. The first kappa shape index (κ1) is 24.2. The highest BCUT2D eigenvalue weighted by Gasteiger charge is 2.48. The van der Waals surface area contributed by atoms with Crippen LogP contribution in [-0.4, -0.2) is 58.6 Å². The number of nitrogens with one attached hydrogen (secondary N) is 1. The highest BCUT2D eigenvalue weighted by Crippen LogP contribution is 2.40. The molecule has 5 atom stereocenters. The Morgan fingerprint density at radius 2 is 1.91 bits per heavy atom. The zero-order chi connectivity index (χ0) is 23.3. The van der Waals surface area contributed by atoms with E-state index in [4.69, 9.17) is 4.74 Å². The normalized spacial score (nSPS) is 24.5. The highest BCUT2D eigenvalue weighted by atomic mass is 19.1. The fraction of sp³-hybridized carbons (Fsp3) is 0.625. The monoisotopic (exact) mass is 448 g/mol. The van der Waals surface area contributed by atoms with Crippen molar-refractivity contribution in [1.82, 2.24) is 10.2 Å². The van der Waals surface area contributed by atoms with E-state index >= 15 is 0 Å². The van der Waals surface area contributed by atoms with E-state index in [1.165, 1.54) is 12.1 Å². The van der Waals surface area contributed by atoms with Gasteiger partial charge in [0.15, 0.2) is 0 Å². The van der Waals surface area contributed by atoms with Gasteiger partial charge < -0.3 is 14.7 Å². The largest absolute Gasteiger partial charge is 0.480 e. The number of esters is 1. The number of aryl methyl sites for hydroxylation is 1. The molecule has 0 spiro atoms. The number of hydrogen-bond donors (Lipinski definition) is 2. The summed E-state index contributed by atoms with van der Waals surface area (Å²) >= 11 is 0. The molecule has 1 heterocycles. The zero-order valence-corrected chi connectivity index (χ0v) is 18.8. The molecule has 32 heavy (non-hydrogen) atoms. The number of likely N-dealkylation sites (tertiary alicyclic amines) is 1. The van der Waals surface area contributed by atoms with Crippen LogP contribution >= 0.6 is 0 Å². The molecule has 1 aromatic rings. The third-order valence-electron chi connectivity index (χ3n) is 6.66. The van der Waals surface area contributed by atoms with Crippen LogP contribution in [0.3, 0.4) is 0 Å². The van der Waals surface area contributed by atoms with Crippen LogP contribution in [0.4, 0.5) is 4.39 Å². The number of rotatable bonds is 9. The number of hydrogen-bond acceptors (Lipinski definition) is 5. The maximum Gasteiger partial charge on any atom is 0.326 e. The molecule has 1 saturated heterocycles. The minimum atomic E-state index is -0.974. The summed E-state index contributed by atoms with van der Waals surface area (Å²) < 4.78 is 18.3. The van der Waals surface area contributed by atoms with Crippen LogP contribution < -0.4 is 5.32 Å². The Balaban J connectivity index is 1.69. The molecule has 1 aliphatic heterocycles. The molecule has 1 aromatic carbocycles. The average Bonchev–Trinajstić information content (AvgIpc) is 3.17. The van der Waals surface area contributed by atoms with Gasteiger partial charge in [-0.05, 0) is 69.6 Å². The molecule has 2 fully saturated rings. The zero-order valence-electron chi connectivity index (χ0n) is 18.8. The number of ether oxygens (including phenoxy) is 1. The summed E-state index contributed by atoms with van der Waals surface area (Å²) in [5.41, 5.74) is 0.872. The molecule has 8 heteroatoms. The SMILES string of the molecule is CCOC(=O)C(CCc1ccc(F)cc1)N[C@@H](C)C(=O)N1[C@H](C(=O)O)C[C@@H]2CCCC[C@@H]21. The third-order valence-corrected chi connectivity index (χ3v) is 6.66. The Kier molecular flexibility index (Phi) is 8.23. The second-order valence-electron chi connectivity index (χ2n) is 8.81. The van der Waals surface area contributed by atoms with Crippen molar-refractivity contribution in [3.05, 3.63) is 35.6 Å². The predicted molar refractivity (Wildman–Crippen MR) is 116 cm³/mol. The number of aliphatic carboxylic acids is 1. The van der Waals surface area contributed by atoms with Crippen LogP contribution in [0, 0.1) is 11.7 Å². The molecular formula is C24H33FN2O5. The van der Waals surface area contributed by atoms with Crippen LogP contribution in [0.15, 0.2) is 24.3 Å². The Hall–Kier alpha value is -2.48. The van der Waals surface area contributed by atoms with E-state index < -0.39 is 30.1 Å². The molecule has 7 nitrogen and oxygen atoms in total. The lowest BCUT2D eigenvalue weighted by molar-refractivity contribution is -0.152. The van der Waals surface area contributed by atoms with Crippen molar-refractivity contribution in [2.75, 3.05) is 6.61 Å². The maximum atomic E-state index is 13.3. The van der Waals surface area contributed by atoms with Gasteiger partial charge in [-0.3, -0.25) is 14.9 Å². The number of nitrogens with zero attached hydrogens (tertiary/aromatic N) is 1. The van der Waals surface area contributed by atoms with Gasteiger partial charge in [0.25, 0.3) is 0 Å². The lowest BCUT2D eigenvalue weighted by Gasteiger charge is -2.35. The van der Waals surface area contributed by atoms with Gasteiger partial charge in [-0.25, -0.2) is 9.18 Å². The topological polar surface area (TPSA) is 95.9 Å². The average molecular weight is 449 g/mol. The molecule has 176 valence electrons. The van der Waals surface area contributed by atoms with Crippen LogP contribution in [-0.2, 0) is 25.5 Å². The predicted octanol–water partition coefficient (Wildman–Crippen LogP) is 2.91. The molecule has 1 unspecified atom stereocenters. The third kappa shape index (κ3) is 5.65. The van der Waals surface area contributed by atoms with E-state index in [2.05, 4.69) is 5.32 Å². The van der Waals surface area contributed by atoms with E-state index in [1.54, 1.807) is 30.9 Å². The van der Waals surface area contributed by atoms with Gasteiger partial charge in [-0.15, -0.1) is 0 Å². The number of carbonyl (C=O) groups excluding carboxylic acids is 2. The Morgan fingerprint density at radius 1 is 1.22 bits per heavy atom. The van der Waals surface area contributed by atoms with Gasteiger partial charge in [0.05, 0.1) is 12.6 Å². The molecule has 1 aliphatic carbocycles. The molecule has 0 radical (unpaired) electrons. The minimum Gasteiger partial charge on any atom is -0.480 e. The summed E-state index contributed by atoms with van der Waals surface area (Å²) in [7, 11) is 0. The van der Waals surface area contributed by atoms with Crippen LogP contribution in [0.5, 0.6) is 0 Å². The summed E-state index contributed by atoms with van der Waals surface area (Å²) in [6.07, 6.45) is 5.19. The second kappa shape index (κ2) is 10.9. The van der Waals surface area contributed by atoms with Crippen molar-refractivity contribution >= 4 is 17.8 Å². The molecular weight excluding hydrogens is 415 g/mol. The van der Waals surface area contributed by atoms with Crippen molar-refractivity contribution in [2.24, 2.45) is 5.92 Å². The number of benzene rings is 1. The van der Waals surface area contributed by atoms with Crippen molar-refractivity contribution in [3.63, 3.8) is 0 Å². The number of carboxylic acid groups (broad SMARTS) is 1. The first-order valence-electron chi connectivity index (χ1n) is 11.5. The smallest absolute Gasteiger partial charge is 0.326 e. The summed E-state index contributed by atoms with van der Waals surface area (Å²) in [4.78, 5) is 39.3. The summed E-state index contributed by atoms with van der Waals surface area (Å²) in [5, 5.41) is 12.8. The van der Waals surface area contributed by atoms with E-state index in [9.17, 15) is 23.9 Å². The first-order chi connectivity index (χ1) is 15.3. The lowest BCUT2D eigenvalue weighted by Crippen LogP contribution is -2.55. The summed E-state index contributed by atoms with van der Waals surface area (Å²) in [6.45, 7) is 3.60. The maximum absolute atomic E-state index is 13.3. The quantitative estimate of drug-likeness (QED) is 0.564. The van der Waals surface area contributed by atoms with Gasteiger partial charge in [0, 0.05) is 6.04 Å². The number of carbonyl (C=O) groups is 3. The lowest BCUT2D eigenvalue weighted by atomic mass is 9.84. The van der Waals surface area contributed by atoms with Crippen LogP contribution in [0.1, 0.15) is 57.9 Å². The van der Waals surface area contributed by atoms with E-state index in [-0.39, 0.29) is 30.3 Å². The number of fused-ring (bicyclic) bond motifs is 1. The van der Waals surface area contributed by atoms with Gasteiger partial charge in [-0.2, -0.15) is 0 Å². The standard InChI is InChI=1S/C24H33FN2O5/c1-3-32-24(31)19(13-10-16-8-11-18(25)12-9-16)26-15(2)22(28)27-20-7-5-4-6-17(20)14-21(27)23(29)30/h8-9,11-12,15,17,19-21,26H,3-7,10,13-14H2,1-2H3,(H,29,30)/t15-,17-,19?,20-,21-/m0/s1. The van der Waals surface area contributed by atoms with E-state index in [1.807, 2.05) is 0 Å². The fourth-order valence-electron chi connectivity index (χ4n) is 5.07. The van der Waals surface area contributed by atoms with E-state index in [0.29, 0.717) is 19.3 Å². The first-order valence-corrected chi connectivity index (χ1v) is 11.5. The van der Waals surface area contributed by atoms with Crippen molar-refractivity contribution in [2.45, 2.75) is 83.0 Å².